The van der Waals surface area contributed by atoms with E-state index in [2.05, 4.69) is 10.3 Å². The first kappa shape index (κ1) is 11.3. The summed E-state index contributed by atoms with van der Waals surface area (Å²) in [5.41, 5.74) is 2.27. The number of carbonyl (C=O) groups is 1. The lowest BCUT2D eigenvalue weighted by Gasteiger charge is -2.05. The Hall–Kier alpha value is -2.23. The molecule has 4 heteroatoms. The van der Waals surface area contributed by atoms with Crippen LogP contribution < -0.4 is 5.32 Å². The zero-order valence-electron chi connectivity index (χ0n) is 9.53. The molecule has 2 rings (SSSR count). The molecule has 0 aliphatic carbocycles. The lowest BCUT2D eigenvalue weighted by molar-refractivity contribution is 0.0951. The third-order valence-electron chi connectivity index (χ3n) is 2.57. The van der Waals surface area contributed by atoms with Gasteiger partial charge < -0.3 is 15.4 Å². The molecule has 1 aromatic carbocycles. The Balaban J connectivity index is 2.02. The first-order valence-electron chi connectivity index (χ1n) is 5.36. The first-order chi connectivity index (χ1) is 8.16. The topological polar surface area (TPSA) is 65.1 Å². The van der Waals surface area contributed by atoms with Crippen LogP contribution in [0.5, 0.6) is 5.75 Å². The minimum absolute atomic E-state index is 0.144. The summed E-state index contributed by atoms with van der Waals surface area (Å²) in [6.45, 7) is 2.25. The van der Waals surface area contributed by atoms with Crippen molar-refractivity contribution < 1.29 is 9.90 Å². The van der Waals surface area contributed by atoms with Gasteiger partial charge in [0, 0.05) is 24.5 Å². The first-order valence-corrected chi connectivity index (χ1v) is 5.36. The molecular formula is C13H14N2O2. The Bertz CT molecular complexity index is 518. The minimum Gasteiger partial charge on any atom is -0.508 e. The van der Waals surface area contributed by atoms with Crippen LogP contribution in [0.3, 0.4) is 0 Å². The molecule has 4 nitrogen and oxygen atoms in total. The van der Waals surface area contributed by atoms with Crippen LogP contribution in [0.1, 0.15) is 21.5 Å². The predicted molar refractivity (Wildman–Crippen MR) is 64.8 cm³/mol. The van der Waals surface area contributed by atoms with E-state index in [0.29, 0.717) is 17.7 Å². The maximum Gasteiger partial charge on any atom is 0.251 e. The average Bonchev–Trinajstić information content (AvgIpc) is 2.82. The van der Waals surface area contributed by atoms with Crippen molar-refractivity contribution in [2.75, 3.05) is 0 Å². The van der Waals surface area contributed by atoms with Crippen molar-refractivity contribution in [3.8, 4) is 5.75 Å². The zero-order chi connectivity index (χ0) is 12.3. The number of amides is 1. The number of aryl methyl sites for hydroxylation is 1. The second-order valence-corrected chi connectivity index (χ2v) is 3.90. The Morgan fingerprint density at radius 3 is 2.88 bits per heavy atom. The van der Waals surface area contributed by atoms with Gasteiger partial charge in [-0.15, -0.1) is 0 Å². The van der Waals surface area contributed by atoms with E-state index in [4.69, 9.17) is 0 Å². The van der Waals surface area contributed by atoms with Gasteiger partial charge >= 0.3 is 0 Å². The van der Waals surface area contributed by atoms with E-state index in [9.17, 15) is 9.90 Å². The smallest absolute Gasteiger partial charge is 0.251 e. The van der Waals surface area contributed by atoms with Crippen LogP contribution in [-0.4, -0.2) is 16.0 Å². The van der Waals surface area contributed by atoms with Crippen molar-refractivity contribution in [3.63, 3.8) is 0 Å². The van der Waals surface area contributed by atoms with Crippen LogP contribution in [-0.2, 0) is 6.54 Å². The Morgan fingerprint density at radius 2 is 2.24 bits per heavy atom. The van der Waals surface area contributed by atoms with Crippen molar-refractivity contribution in [3.05, 3.63) is 53.3 Å². The van der Waals surface area contributed by atoms with Gasteiger partial charge in [0.2, 0.25) is 0 Å². The molecule has 0 fully saturated rings. The molecule has 1 amide bonds. The highest BCUT2D eigenvalue weighted by Crippen LogP contribution is 2.16. The van der Waals surface area contributed by atoms with E-state index in [-0.39, 0.29) is 11.7 Å². The van der Waals surface area contributed by atoms with Gasteiger partial charge in [-0.3, -0.25) is 4.79 Å². The number of carbonyl (C=O) groups excluding carboxylic acids is 1. The summed E-state index contributed by atoms with van der Waals surface area (Å²) in [5, 5.41) is 12.2. The maximum absolute atomic E-state index is 11.8. The van der Waals surface area contributed by atoms with Crippen LogP contribution in [0.25, 0.3) is 0 Å². The summed E-state index contributed by atoms with van der Waals surface area (Å²) in [6.07, 6.45) is 3.65. The van der Waals surface area contributed by atoms with Crippen LogP contribution in [0, 0.1) is 6.92 Å². The van der Waals surface area contributed by atoms with Gasteiger partial charge in [0.15, 0.2) is 0 Å². The number of phenols is 1. The second-order valence-electron chi connectivity index (χ2n) is 3.90. The molecule has 0 saturated carbocycles. The molecule has 0 aliphatic heterocycles. The van der Waals surface area contributed by atoms with Crippen molar-refractivity contribution in [1.82, 2.24) is 10.3 Å². The van der Waals surface area contributed by atoms with Crippen molar-refractivity contribution in [2.24, 2.45) is 0 Å². The van der Waals surface area contributed by atoms with Gasteiger partial charge in [0.05, 0.1) is 0 Å². The Kier molecular flexibility index (Phi) is 3.14. The van der Waals surface area contributed by atoms with E-state index < -0.39 is 0 Å². The van der Waals surface area contributed by atoms with Crippen LogP contribution in [0.4, 0.5) is 0 Å². The fraction of sp³-hybridized carbons (Fsp3) is 0.154. The fourth-order valence-corrected chi connectivity index (χ4v) is 1.55. The lowest BCUT2D eigenvalue weighted by atomic mass is 10.1. The number of nitrogens with one attached hydrogen (secondary N) is 2. The lowest BCUT2D eigenvalue weighted by Crippen LogP contribution is -2.22. The number of phenolic OH excluding ortho intramolecular Hbond substituents is 1. The molecule has 3 N–H and O–H groups in total. The van der Waals surface area contributed by atoms with Gasteiger partial charge in [0.25, 0.3) is 5.91 Å². The molecule has 0 radical (unpaired) electrons. The molecule has 0 bridgehead atoms. The summed E-state index contributed by atoms with van der Waals surface area (Å²) in [5.74, 6) is 0.0569. The number of hydrogen-bond acceptors (Lipinski definition) is 2. The summed E-state index contributed by atoms with van der Waals surface area (Å²) in [6, 6.07) is 6.71. The number of hydrogen-bond donors (Lipinski definition) is 3. The summed E-state index contributed by atoms with van der Waals surface area (Å²) in [4.78, 5) is 14.7. The Morgan fingerprint density at radius 1 is 1.41 bits per heavy atom. The summed E-state index contributed by atoms with van der Waals surface area (Å²) in [7, 11) is 0. The molecular weight excluding hydrogens is 216 g/mol. The number of H-pyrrole nitrogens is 1. The van der Waals surface area contributed by atoms with Crippen molar-refractivity contribution in [1.29, 1.82) is 0 Å². The average molecular weight is 230 g/mol. The largest absolute Gasteiger partial charge is 0.508 e. The van der Waals surface area contributed by atoms with Gasteiger partial charge in [0.1, 0.15) is 5.75 Å². The predicted octanol–water partition coefficient (Wildman–Crippen LogP) is 1.96. The highest BCUT2D eigenvalue weighted by Gasteiger charge is 2.07. The highest BCUT2D eigenvalue weighted by atomic mass is 16.3. The number of aromatic amines is 1. The molecule has 1 aromatic heterocycles. The van der Waals surface area contributed by atoms with E-state index in [1.54, 1.807) is 19.1 Å². The monoisotopic (exact) mass is 230 g/mol. The second kappa shape index (κ2) is 4.74. The van der Waals surface area contributed by atoms with Gasteiger partial charge in [-0.05, 0) is 42.3 Å². The molecule has 1 heterocycles. The van der Waals surface area contributed by atoms with Crippen LogP contribution in [0.15, 0.2) is 36.7 Å². The van der Waals surface area contributed by atoms with E-state index in [1.807, 2.05) is 18.5 Å². The van der Waals surface area contributed by atoms with Gasteiger partial charge in [-0.25, -0.2) is 0 Å². The Labute approximate surface area is 99.3 Å². The SMILES string of the molecule is Cc1cc(C(=O)NCc2cc[nH]c2)ccc1O. The molecule has 0 spiro atoms. The molecule has 2 aromatic rings. The molecule has 88 valence electrons. The molecule has 0 atom stereocenters. The molecule has 17 heavy (non-hydrogen) atoms. The van der Waals surface area contributed by atoms with E-state index in [1.165, 1.54) is 6.07 Å². The van der Waals surface area contributed by atoms with Gasteiger partial charge in [-0.2, -0.15) is 0 Å². The quantitative estimate of drug-likeness (QED) is 0.754. The highest BCUT2D eigenvalue weighted by molar-refractivity contribution is 5.94. The van der Waals surface area contributed by atoms with E-state index in [0.717, 1.165) is 5.56 Å². The number of aromatic nitrogens is 1. The standard InChI is InChI=1S/C13H14N2O2/c1-9-6-11(2-3-12(9)16)13(17)15-8-10-4-5-14-7-10/h2-7,14,16H,8H2,1H3,(H,15,17). The van der Waals surface area contributed by atoms with Gasteiger partial charge in [-0.1, -0.05) is 0 Å². The normalized spacial score (nSPS) is 10.2. The molecule has 0 aliphatic rings. The number of aromatic hydroxyl groups is 1. The third-order valence-corrected chi connectivity index (χ3v) is 2.57. The molecule has 0 saturated heterocycles. The number of rotatable bonds is 3. The summed E-state index contributed by atoms with van der Waals surface area (Å²) < 4.78 is 0. The summed E-state index contributed by atoms with van der Waals surface area (Å²) >= 11 is 0. The maximum atomic E-state index is 11.8. The van der Waals surface area contributed by atoms with E-state index >= 15 is 0 Å². The number of benzene rings is 1. The fourth-order valence-electron chi connectivity index (χ4n) is 1.55. The zero-order valence-corrected chi connectivity index (χ0v) is 9.53. The van der Waals surface area contributed by atoms with Crippen molar-refractivity contribution in [2.45, 2.75) is 13.5 Å². The van der Waals surface area contributed by atoms with Crippen LogP contribution in [0.2, 0.25) is 0 Å². The van der Waals surface area contributed by atoms with Crippen LogP contribution >= 0.6 is 0 Å². The minimum atomic E-state index is -0.144. The third kappa shape index (κ3) is 2.66. The van der Waals surface area contributed by atoms with Crippen molar-refractivity contribution >= 4 is 5.91 Å². The molecule has 0 unspecified atom stereocenters.